The molecule has 3 unspecified atom stereocenters. The molecule has 0 radical (unpaired) electrons. The average molecular weight is 322 g/mol. The predicted molar refractivity (Wildman–Crippen MR) is 34.6 cm³/mol. The normalized spacial score (nSPS) is 13.3. The summed E-state index contributed by atoms with van der Waals surface area (Å²) in [6, 6.07) is 0. The van der Waals surface area contributed by atoms with E-state index in [0.717, 1.165) is 0 Å². The SMILES string of the molecule is O=S([O-])O.O=S([O-])O.O=S([O-])O.[Fe+2].[Na+]. The Kier molecular flexibility index (Phi) is 51.1. The summed E-state index contributed by atoms with van der Waals surface area (Å²) >= 11 is -8.58. The van der Waals surface area contributed by atoms with Gasteiger partial charge in [-0.1, -0.05) is 0 Å². The van der Waals surface area contributed by atoms with Gasteiger partial charge in [-0.05, 0) is 0 Å². The second kappa shape index (κ2) is 24.1. The van der Waals surface area contributed by atoms with Crippen LogP contribution in [0.5, 0.6) is 0 Å². The summed E-state index contributed by atoms with van der Waals surface area (Å²) in [5.41, 5.74) is 0. The van der Waals surface area contributed by atoms with E-state index in [1.807, 2.05) is 0 Å². The van der Waals surface area contributed by atoms with Gasteiger partial charge in [-0.25, -0.2) is 12.6 Å². The molecular weight excluding hydrogens is 319 g/mol. The molecule has 0 spiro atoms. The van der Waals surface area contributed by atoms with E-state index < -0.39 is 34.1 Å². The van der Waals surface area contributed by atoms with Crippen LogP contribution in [0.3, 0.4) is 0 Å². The Morgan fingerprint density at radius 3 is 0.714 bits per heavy atom. The molecular formula is H3FeNaO9S3. The van der Waals surface area contributed by atoms with Crippen molar-refractivity contribution in [1.82, 2.24) is 0 Å². The largest absolute Gasteiger partial charge is 2.00 e. The fourth-order valence-electron chi connectivity index (χ4n) is 0. The van der Waals surface area contributed by atoms with Crippen LogP contribution in [0.15, 0.2) is 0 Å². The Labute approximate surface area is 120 Å². The zero-order valence-corrected chi connectivity index (χ0v) is 11.9. The van der Waals surface area contributed by atoms with Crippen LogP contribution >= 0.6 is 0 Å². The minimum Gasteiger partial charge on any atom is -0.750 e. The standard InChI is InChI=1S/Fe.Na.3H2O3S/c;;3*1-4(2)3/h;;3*(H2,1,2,3)/q+2;+1;;;/p-3. The molecule has 0 aromatic carbocycles. The van der Waals surface area contributed by atoms with Gasteiger partial charge in [0.1, 0.15) is 0 Å². The van der Waals surface area contributed by atoms with E-state index in [9.17, 15) is 0 Å². The van der Waals surface area contributed by atoms with Crippen LogP contribution in [0.2, 0.25) is 0 Å². The van der Waals surface area contributed by atoms with Gasteiger partial charge in [0.25, 0.3) is 0 Å². The van der Waals surface area contributed by atoms with Crippen molar-refractivity contribution in [2.24, 2.45) is 0 Å². The molecule has 0 aromatic rings. The Hall–Kier alpha value is 1.73. The van der Waals surface area contributed by atoms with Gasteiger partial charge < -0.3 is 27.3 Å². The van der Waals surface area contributed by atoms with Gasteiger partial charge in [0.15, 0.2) is 0 Å². The van der Waals surface area contributed by atoms with Crippen molar-refractivity contribution in [1.29, 1.82) is 0 Å². The van der Waals surface area contributed by atoms with Crippen molar-refractivity contribution in [3.05, 3.63) is 0 Å². The molecule has 0 aliphatic rings. The van der Waals surface area contributed by atoms with Crippen LogP contribution in [0.25, 0.3) is 0 Å². The summed E-state index contributed by atoms with van der Waals surface area (Å²) in [5.74, 6) is 0. The maximum absolute atomic E-state index is 8.56. The Balaban J connectivity index is -0.0000000270. The van der Waals surface area contributed by atoms with Crippen molar-refractivity contribution >= 4 is 34.1 Å². The Morgan fingerprint density at radius 1 is 0.714 bits per heavy atom. The predicted octanol–water partition coefficient (Wildman–Crippen LogP) is -4.98. The summed E-state index contributed by atoms with van der Waals surface area (Å²) < 4.78 is 72.2. The molecule has 0 aromatic heterocycles. The average Bonchev–Trinajstić information content (AvgIpc) is 1.54. The van der Waals surface area contributed by atoms with Gasteiger partial charge in [0.05, 0.1) is 34.1 Å². The van der Waals surface area contributed by atoms with Gasteiger partial charge in [0.2, 0.25) is 0 Å². The van der Waals surface area contributed by atoms with Crippen molar-refractivity contribution in [2.45, 2.75) is 0 Å². The second-order valence-electron chi connectivity index (χ2n) is 0.651. The summed E-state index contributed by atoms with van der Waals surface area (Å²) in [6.45, 7) is 0. The molecule has 3 atom stereocenters. The van der Waals surface area contributed by atoms with Crippen LogP contribution in [0.4, 0.5) is 0 Å². The molecule has 14 heteroatoms. The van der Waals surface area contributed by atoms with Crippen LogP contribution in [-0.2, 0) is 51.2 Å². The molecule has 0 amide bonds. The first kappa shape index (κ1) is 29.6. The molecule has 9 nitrogen and oxygen atoms in total. The topological polar surface area (TPSA) is 181 Å². The molecule has 0 saturated carbocycles. The third-order valence-electron chi connectivity index (χ3n) is 0. The van der Waals surface area contributed by atoms with Crippen LogP contribution in [-0.4, -0.2) is 39.9 Å². The number of rotatable bonds is 0. The first-order valence-corrected chi connectivity index (χ1v) is 4.64. The summed E-state index contributed by atoms with van der Waals surface area (Å²) in [7, 11) is 0. The fraction of sp³-hybridized carbons (Fsp3) is 0. The van der Waals surface area contributed by atoms with Crippen molar-refractivity contribution in [2.75, 3.05) is 0 Å². The van der Waals surface area contributed by atoms with Crippen molar-refractivity contribution in [3.63, 3.8) is 0 Å². The van der Waals surface area contributed by atoms with E-state index in [-0.39, 0.29) is 46.6 Å². The van der Waals surface area contributed by atoms with Crippen molar-refractivity contribution in [3.8, 4) is 0 Å². The van der Waals surface area contributed by atoms with E-state index in [1.165, 1.54) is 0 Å². The molecule has 0 rings (SSSR count). The number of hydrogen-bond donors (Lipinski definition) is 3. The molecule has 0 fully saturated rings. The molecule has 84 valence electrons. The molecule has 14 heavy (non-hydrogen) atoms. The Bertz CT molecular complexity index is 118. The van der Waals surface area contributed by atoms with E-state index in [4.69, 9.17) is 39.9 Å². The molecule has 0 aliphatic heterocycles. The molecule has 0 bridgehead atoms. The van der Waals surface area contributed by atoms with Crippen LogP contribution in [0.1, 0.15) is 0 Å². The van der Waals surface area contributed by atoms with Gasteiger partial charge in [0, 0.05) is 0 Å². The van der Waals surface area contributed by atoms with Gasteiger partial charge in [-0.2, -0.15) is 0 Å². The molecule has 0 aliphatic carbocycles. The monoisotopic (exact) mass is 322 g/mol. The smallest absolute Gasteiger partial charge is 0.750 e. The zero-order chi connectivity index (χ0) is 10.7. The van der Waals surface area contributed by atoms with E-state index in [1.54, 1.807) is 0 Å². The first-order chi connectivity index (χ1) is 5.20. The van der Waals surface area contributed by atoms with Gasteiger partial charge >= 0.3 is 46.6 Å². The van der Waals surface area contributed by atoms with Crippen LogP contribution < -0.4 is 29.6 Å². The van der Waals surface area contributed by atoms with Gasteiger partial charge in [-0.3, -0.25) is 0 Å². The fourth-order valence-corrected chi connectivity index (χ4v) is 0. The summed E-state index contributed by atoms with van der Waals surface area (Å²) in [5, 5.41) is 0. The third kappa shape index (κ3) is 744. The van der Waals surface area contributed by atoms with E-state index in [2.05, 4.69) is 0 Å². The molecule has 3 N–H and O–H groups in total. The van der Waals surface area contributed by atoms with E-state index in [0.29, 0.717) is 0 Å². The minimum absolute atomic E-state index is 0. The van der Waals surface area contributed by atoms with Gasteiger partial charge in [-0.15, -0.1) is 0 Å². The number of hydrogen-bond acceptors (Lipinski definition) is 6. The molecule has 0 heterocycles. The summed E-state index contributed by atoms with van der Waals surface area (Å²) in [6.07, 6.45) is 0. The van der Waals surface area contributed by atoms with Crippen LogP contribution in [0, 0.1) is 0 Å². The third-order valence-corrected chi connectivity index (χ3v) is 0. The Morgan fingerprint density at radius 2 is 0.714 bits per heavy atom. The summed E-state index contributed by atoms with van der Waals surface area (Å²) in [4.78, 5) is 0. The second-order valence-corrected chi connectivity index (χ2v) is 1.95. The molecule has 0 saturated heterocycles. The van der Waals surface area contributed by atoms with Crippen molar-refractivity contribution < 1.29 is 86.6 Å². The minimum atomic E-state index is -2.86. The quantitative estimate of drug-likeness (QED) is 0.290. The zero-order valence-electron chi connectivity index (χ0n) is 6.37. The maximum Gasteiger partial charge on any atom is 2.00 e. The maximum atomic E-state index is 8.56. The van der Waals surface area contributed by atoms with E-state index >= 15 is 0 Å². The first-order valence-electron chi connectivity index (χ1n) is 1.55.